The van der Waals surface area contributed by atoms with Crippen LogP contribution in [0, 0.1) is 0 Å². The van der Waals surface area contributed by atoms with Crippen molar-refractivity contribution >= 4 is 0 Å². The highest BCUT2D eigenvalue weighted by molar-refractivity contribution is 4.78. The molecule has 0 aromatic heterocycles. The molecule has 2 unspecified atom stereocenters. The molecule has 0 aliphatic carbocycles. The summed E-state index contributed by atoms with van der Waals surface area (Å²) in [6.45, 7) is 9.04. The van der Waals surface area contributed by atoms with Crippen LogP contribution < -0.4 is 5.73 Å². The number of aliphatic hydroxyl groups excluding tert-OH is 1. The Morgan fingerprint density at radius 1 is 1.50 bits per heavy atom. The Balaban J connectivity index is 3.87. The molecule has 0 aromatic rings. The van der Waals surface area contributed by atoms with Crippen molar-refractivity contribution < 1.29 is 9.84 Å². The maximum Gasteiger partial charge on any atom is 0.0615 e. The van der Waals surface area contributed by atoms with Gasteiger partial charge in [0, 0.05) is 18.7 Å². The van der Waals surface area contributed by atoms with Gasteiger partial charge in [0.05, 0.1) is 13.2 Å². The number of likely N-dealkylation sites (N-methyl/N-ethyl adjacent to an activating group) is 1. The van der Waals surface area contributed by atoms with Crippen molar-refractivity contribution in [2.24, 2.45) is 5.73 Å². The van der Waals surface area contributed by atoms with E-state index in [2.05, 4.69) is 18.7 Å². The van der Waals surface area contributed by atoms with E-state index in [1.54, 1.807) is 7.11 Å². The molecule has 0 fully saturated rings. The van der Waals surface area contributed by atoms with Gasteiger partial charge in [-0.1, -0.05) is 6.92 Å². The fraction of sp³-hybridized carbons (Fsp3) is 1.00. The highest BCUT2D eigenvalue weighted by atomic mass is 16.5. The van der Waals surface area contributed by atoms with Crippen LogP contribution in [0.4, 0.5) is 0 Å². The SMILES string of the molecule is CCN(CCCC(C)(N)CO)C(C)COC. The first-order valence-corrected chi connectivity index (χ1v) is 6.09. The maximum absolute atomic E-state index is 9.05. The van der Waals surface area contributed by atoms with E-state index in [0.29, 0.717) is 6.04 Å². The van der Waals surface area contributed by atoms with Gasteiger partial charge in [0.15, 0.2) is 0 Å². The van der Waals surface area contributed by atoms with Gasteiger partial charge in [-0.15, -0.1) is 0 Å². The molecule has 16 heavy (non-hydrogen) atoms. The topological polar surface area (TPSA) is 58.7 Å². The van der Waals surface area contributed by atoms with Gasteiger partial charge in [0.25, 0.3) is 0 Å². The monoisotopic (exact) mass is 232 g/mol. The van der Waals surface area contributed by atoms with Crippen molar-refractivity contribution in [3.05, 3.63) is 0 Å². The predicted molar refractivity (Wildman–Crippen MR) is 67.5 cm³/mol. The van der Waals surface area contributed by atoms with Crippen LogP contribution in [0.2, 0.25) is 0 Å². The van der Waals surface area contributed by atoms with Crippen LogP contribution in [0.1, 0.15) is 33.6 Å². The van der Waals surface area contributed by atoms with E-state index in [1.807, 2.05) is 6.92 Å². The average molecular weight is 232 g/mol. The summed E-state index contributed by atoms with van der Waals surface area (Å²) in [5, 5.41) is 9.05. The van der Waals surface area contributed by atoms with Gasteiger partial charge in [-0.05, 0) is 39.8 Å². The molecule has 0 spiro atoms. The molecule has 3 N–H and O–H groups in total. The Kier molecular flexibility index (Phi) is 7.93. The second kappa shape index (κ2) is 8.01. The molecule has 0 aromatic carbocycles. The second-order valence-corrected chi connectivity index (χ2v) is 4.85. The maximum atomic E-state index is 9.05. The van der Waals surface area contributed by atoms with E-state index in [-0.39, 0.29) is 6.61 Å². The van der Waals surface area contributed by atoms with E-state index in [1.165, 1.54) is 0 Å². The van der Waals surface area contributed by atoms with E-state index in [4.69, 9.17) is 15.6 Å². The van der Waals surface area contributed by atoms with Crippen LogP contribution in [-0.2, 0) is 4.74 Å². The fourth-order valence-corrected chi connectivity index (χ4v) is 1.80. The van der Waals surface area contributed by atoms with Crippen molar-refractivity contribution in [2.45, 2.75) is 45.2 Å². The largest absolute Gasteiger partial charge is 0.394 e. The molecular formula is C12H28N2O2. The molecule has 0 heterocycles. The van der Waals surface area contributed by atoms with E-state index in [0.717, 1.165) is 32.5 Å². The third-order valence-corrected chi connectivity index (χ3v) is 2.99. The Labute approximate surface area is 99.8 Å². The smallest absolute Gasteiger partial charge is 0.0615 e. The lowest BCUT2D eigenvalue weighted by molar-refractivity contribution is 0.0985. The van der Waals surface area contributed by atoms with E-state index < -0.39 is 5.54 Å². The minimum absolute atomic E-state index is 0.0484. The fourth-order valence-electron chi connectivity index (χ4n) is 1.80. The highest BCUT2D eigenvalue weighted by Gasteiger charge is 2.18. The summed E-state index contributed by atoms with van der Waals surface area (Å²) in [5.41, 5.74) is 5.44. The molecule has 0 aliphatic heterocycles. The number of hydrogen-bond donors (Lipinski definition) is 2. The second-order valence-electron chi connectivity index (χ2n) is 4.85. The number of hydrogen-bond acceptors (Lipinski definition) is 4. The number of aliphatic hydroxyl groups is 1. The minimum Gasteiger partial charge on any atom is -0.394 e. The first kappa shape index (κ1) is 15.8. The lowest BCUT2D eigenvalue weighted by Crippen LogP contribution is -2.42. The quantitative estimate of drug-likeness (QED) is 0.618. The van der Waals surface area contributed by atoms with Gasteiger partial charge in [-0.2, -0.15) is 0 Å². The summed E-state index contributed by atoms with van der Waals surface area (Å²) in [6.07, 6.45) is 1.86. The standard InChI is InChI=1S/C12H28N2O2/c1-5-14(11(2)9-16-4)8-6-7-12(3,13)10-15/h11,15H,5-10,13H2,1-4H3. The molecule has 0 radical (unpaired) electrons. The van der Waals surface area contributed by atoms with Gasteiger partial charge in [0.2, 0.25) is 0 Å². The van der Waals surface area contributed by atoms with Crippen molar-refractivity contribution in [2.75, 3.05) is 33.4 Å². The number of nitrogens with two attached hydrogens (primary N) is 1. The molecule has 0 aliphatic rings. The molecule has 0 rings (SSSR count). The van der Waals surface area contributed by atoms with Gasteiger partial charge in [-0.3, -0.25) is 4.90 Å². The zero-order valence-electron chi connectivity index (χ0n) is 11.2. The van der Waals surface area contributed by atoms with Crippen molar-refractivity contribution in [1.29, 1.82) is 0 Å². The third kappa shape index (κ3) is 6.43. The van der Waals surface area contributed by atoms with Crippen LogP contribution in [0.5, 0.6) is 0 Å². The average Bonchev–Trinajstić information content (AvgIpc) is 2.24. The summed E-state index contributed by atoms with van der Waals surface area (Å²) in [7, 11) is 1.73. The molecule has 0 saturated carbocycles. The van der Waals surface area contributed by atoms with Crippen molar-refractivity contribution in [3.8, 4) is 0 Å². The molecule has 98 valence electrons. The zero-order chi connectivity index (χ0) is 12.6. The molecule has 4 heteroatoms. The lowest BCUT2D eigenvalue weighted by Gasteiger charge is -2.29. The Bertz CT molecular complexity index is 174. The summed E-state index contributed by atoms with van der Waals surface area (Å²) in [4.78, 5) is 2.37. The van der Waals surface area contributed by atoms with Crippen LogP contribution in [-0.4, -0.2) is 55.0 Å². The van der Waals surface area contributed by atoms with Crippen LogP contribution >= 0.6 is 0 Å². The van der Waals surface area contributed by atoms with Gasteiger partial charge in [0.1, 0.15) is 0 Å². The normalized spacial score (nSPS) is 17.4. The Hall–Kier alpha value is -0.160. The molecule has 2 atom stereocenters. The Morgan fingerprint density at radius 3 is 2.56 bits per heavy atom. The first-order chi connectivity index (χ1) is 7.46. The molecule has 0 saturated heterocycles. The van der Waals surface area contributed by atoms with Crippen LogP contribution in [0.3, 0.4) is 0 Å². The van der Waals surface area contributed by atoms with Crippen molar-refractivity contribution in [3.63, 3.8) is 0 Å². The summed E-state index contributed by atoms with van der Waals surface area (Å²) >= 11 is 0. The van der Waals surface area contributed by atoms with Crippen LogP contribution in [0.15, 0.2) is 0 Å². The lowest BCUT2D eigenvalue weighted by atomic mass is 9.98. The molecule has 0 amide bonds. The molecule has 0 bridgehead atoms. The van der Waals surface area contributed by atoms with Crippen molar-refractivity contribution in [1.82, 2.24) is 4.90 Å². The number of nitrogens with zero attached hydrogens (tertiary/aromatic N) is 1. The number of methoxy groups -OCH3 is 1. The number of rotatable bonds is 9. The van der Waals surface area contributed by atoms with Gasteiger partial charge < -0.3 is 15.6 Å². The Morgan fingerprint density at radius 2 is 2.12 bits per heavy atom. The van der Waals surface area contributed by atoms with Gasteiger partial charge >= 0.3 is 0 Å². The molecular weight excluding hydrogens is 204 g/mol. The van der Waals surface area contributed by atoms with E-state index >= 15 is 0 Å². The predicted octanol–water partition coefficient (Wildman–Crippen LogP) is 0.833. The van der Waals surface area contributed by atoms with Gasteiger partial charge in [-0.25, -0.2) is 0 Å². The number of ether oxygens (including phenoxy) is 1. The minimum atomic E-state index is -0.441. The summed E-state index contributed by atoms with van der Waals surface area (Å²) in [6, 6.07) is 0.438. The molecule has 4 nitrogen and oxygen atoms in total. The highest BCUT2D eigenvalue weighted by Crippen LogP contribution is 2.10. The zero-order valence-corrected chi connectivity index (χ0v) is 11.2. The first-order valence-electron chi connectivity index (χ1n) is 6.09. The third-order valence-electron chi connectivity index (χ3n) is 2.99. The van der Waals surface area contributed by atoms with Crippen LogP contribution in [0.25, 0.3) is 0 Å². The summed E-state index contributed by atoms with van der Waals surface area (Å²) < 4.78 is 5.15. The van der Waals surface area contributed by atoms with E-state index in [9.17, 15) is 0 Å². The summed E-state index contributed by atoms with van der Waals surface area (Å²) in [5.74, 6) is 0.